The zero-order chi connectivity index (χ0) is 14.5. The van der Waals surface area contributed by atoms with E-state index in [9.17, 15) is 9.59 Å². The summed E-state index contributed by atoms with van der Waals surface area (Å²) < 4.78 is 2.85. The van der Waals surface area contributed by atoms with E-state index >= 15 is 0 Å². The highest BCUT2D eigenvalue weighted by Crippen LogP contribution is 2.30. The fourth-order valence-electron chi connectivity index (χ4n) is 1.27. The standard InChI is InChI=1S/C11H11Cl3N2O3/c1-19-9(18)7-2-4-8(5-3-7)16-10(15-6-17)11(12,13)14/h2-6,10,16H,1H3,(H,15,17)/t10-/m0/s1. The Labute approximate surface area is 125 Å². The second-order valence-corrected chi connectivity index (χ2v) is 5.84. The third-order valence-electron chi connectivity index (χ3n) is 2.18. The summed E-state index contributed by atoms with van der Waals surface area (Å²) >= 11 is 17.1. The van der Waals surface area contributed by atoms with E-state index in [-0.39, 0.29) is 0 Å². The number of hydrogen-bond donors (Lipinski definition) is 2. The van der Waals surface area contributed by atoms with E-state index in [4.69, 9.17) is 34.8 Å². The van der Waals surface area contributed by atoms with Crippen molar-refractivity contribution in [3.05, 3.63) is 29.8 Å². The largest absolute Gasteiger partial charge is 0.465 e. The second kappa shape index (κ2) is 6.84. The summed E-state index contributed by atoms with van der Waals surface area (Å²) in [6.07, 6.45) is -0.485. The molecule has 1 amide bonds. The fourth-order valence-corrected chi connectivity index (χ4v) is 1.63. The van der Waals surface area contributed by atoms with Gasteiger partial charge in [-0.2, -0.15) is 0 Å². The maximum absolute atomic E-state index is 11.2. The Morgan fingerprint density at radius 3 is 2.32 bits per heavy atom. The Morgan fingerprint density at radius 1 is 1.32 bits per heavy atom. The molecule has 1 aromatic carbocycles. The molecule has 0 aliphatic heterocycles. The first kappa shape index (κ1) is 15.9. The molecule has 19 heavy (non-hydrogen) atoms. The molecule has 0 unspecified atom stereocenters. The number of halogens is 3. The molecular formula is C11H11Cl3N2O3. The van der Waals surface area contributed by atoms with E-state index in [1.807, 2.05) is 0 Å². The summed E-state index contributed by atoms with van der Waals surface area (Å²) in [7, 11) is 1.29. The van der Waals surface area contributed by atoms with E-state index in [1.54, 1.807) is 24.3 Å². The van der Waals surface area contributed by atoms with Crippen LogP contribution in [0.2, 0.25) is 0 Å². The molecule has 2 N–H and O–H groups in total. The molecule has 5 nitrogen and oxygen atoms in total. The Kier molecular flexibility index (Phi) is 5.72. The van der Waals surface area contributed by atoms with Crippen LogP contribution in [0.15, 0.2) is 24.3 Å². The normalized spacial score (nSPS) is 12.4. The van der Waals surface area contributed by atoms with Crippen molar-refractivity contribution in [3.63, 3.8) is 0 Å². The van der Waals surface area contributed by atoms with Crippen LogP contribution in [0.4, 0.5) is 5.69 Å². The monoisotopic (exact) mass is 324 g/mol. The molecule has 0 aliphatic rings. The van der Waals surface area contributed by atoms with Crippen LogP contribution in [-0.2, 0) is 9.53 Å². The molecule has 0 aliphatic carbocycles. The van der Waals surface area contributed by atoms with Crippen molar-refractivity contribution < 1.29 is 14.3 Å². The molecule has 8 heteroatoms. The Balaban J connectivity index is 2.80. The molecule has 0 saturated heterocycles. The van der Waals surface area contributed by atoms with Crippen molar-refractivity contribution in [2.75, 3.05) is 12.4 Å². The smallest absolute Gasteiger partial charge is 0.337 e. The number of esters is 1. The maximum Gasteiger partial charge on any atom is 0.337 e. The van der Waals surface area contributed by atoms with Crippen LogP contribution in [0.5, 0.6) is 0 Å². The van der Waals surface area contributed by atoms with Crippen molar-refractivity contribution in [2.45, 2.75) is 9.96 Å². The van der Waals surface area contributed by atoms with Crippen molar-refractivity contribution in [3.8, 4) is 0 Å². The quantitative estimate of drug-likeness (QED) is 0.377. The van der Waals surface area contributed by atoms with Crippen molar-refractivity contribution in [1.29, 1.82) is 0 Å². The highest BCUT2D eigenvalue weighted by molar-refractivity contribution is 6.68. The minimum Gasteiger partial charge on any atom is -0.465 e. The number of benzene rings is 1. The Bertz CT molecular complexity index is 445. The van der Waals surface area contributed by atoms with E-state index in [2.05, 4.69) is 15.4 Å². The van der Waals surface area contributed by atoms with Gasteiger partial charge in [0, 0.05) is 5.69 Å². The van der Waals surface area contributed by atoms with Crippen molar-refractivity contribution >= 4 is 52.9 Å². The van der Waals surface area contributed by atoms with Gasteiger partial charge in [0.15, 0.2) is 0 Å². The Hall–Kier alpha value is -1.17. The lowest BCUT2D eigenvalue weighted by Gasteiger charge is -2.25. The number of hydrogen-bond acceptors (Lipinski definition) is 4. The molecule has 0 bridgehead atoms. The predicted octanol–water partition coefficient (Wildman–Crippen LogP) is 2.33. The van der Waals surface area contributed by atoms with Crippen LogP contribution in [0.1, 0.15) is 10.4 Å². The molecule has 0 saturated carbocycles. The van der Waals surface area contributed by atoms with Gasteiger partial charge in [0.25, 0.3) is 0 Å². The molecule has 0 fully saturated rings. The van der Waals surface area contributed by atoms with E-state index < -0.39 is 15.9 Å². The average Bonchev–Trinajstić information content (AvgIpc) is 2.37. The van der Waals surface area contributed by atoms with Crippen LogP contribution in [-0.4, -0.2) is 29.4 Å². The molecule has 0 aromatic heterocycles. The first-order valence-electron chi connectivity index (χ1n) is 5.10. The zero-order valence-corrected chi connectivity index (χ0v) is 12.1. The van der Waals surface area contributed by atoms with Crippen LogP contribution < -0.4 is 10.6 Å². The maximum atomic E-state index is 11.2. The average molecular weight is 326 g/mol. The van der Waals surface area contributed by atoms with Crippen molar-refractivity contribution in [1.82, 2.24) is 5.32 Å². The van der Waals surface area contributed by atoms with Gasteiger partial charge in [-0.3, -0.25) is 4.79 Å². The first-order valence-corrected chi connectivity index (χ1v) is 6.23. The highest BCUT2D eigenvalue weighted by Gasteiger charge is 2.32. The topological polar surface area (TPSA) is 67.4 Å². The molecule has 1 atom stereocenters. The fraction of sp³-hybridized carbons (Fsp3) is 0.273. The number of anilines is 1. The van der Waals surface area contributed by atoms with E-state index in [0.717, 1.165) is 0 Å². The number of amides is 1. The molecule has 0 spiro atoms. The molecule has 104 valence electrons. The van der Waals surface area contributed by atoms with Gasteiger partial charge in [0.1, 0.15) is 6.17 Å². The van der Waals surface area contributed by atoms with Gasteiger partial charge in [-0.1, -0.05) is 34.8 Å². The van der Waals surface area contributed by atoms with Crippen LogP contribution >= 0.6 is 34.8 Å². The van der Waals surface area contributed by atoms with Gasteiger partial charge in [-0.15, -0.1) is 0 Å². The van der Waals surface area contributed by atoms with Crippen LogP contribution in [0, 0.1) is 0 Å². The van der Waals surface area contributed by atoms with E-state index in [1.165, 1.54) is 7.11 Å². The van der Waals surface area contributed by atoms with Crippen molar-refractivity contribution in [2.24, 2.45) is 0 Å². The van der Waals surface area contributed by atoms with E-state index in [0.29, 0.717) is 17.7 Å². The zero-order valence-electron chi connectivity index (χ0n) is 9.82. The summed E-state index contributed by atoms with van der Waals surface area (Å²) in [6.45, 7) is 0. The van der Waals surface area contributed by atoms with Gasteiger partial charge >= 0.3 is 5.97 Å². The molecular weight excluding hydrogens is 314 g/mol. The summed E-state index contributed by atoms with van der Waals surface area (Å²) in [5.74, 6) is -0.449. The number of rotatable bonds is 5. The van der Waals surface area contributed by atoms with Gasteiger partial charge in [0.05, 0.1) is 12.7 Å². The highest BCUT2D eigenvalue weighted by atomic mass is 35.6. The minimum absolute atomic E-state index is 0.391. The molecule has 0 heterocycles. The lowest BCUT2D eigenvalue weighted by Crippen LogP contribution is -2.45. The van der Waals surface area contributed by atoms with Gasteiger partial charge in [-0.25, -0.2) is 4.79 Å². The number of nitrogens with one attached hydrogen (secondary N) is 2. The predicted molar refractivity (Wildman–Crippen MR) is 74.7 cm³/mol. The number of methoxy groups -OCH3 is 1. The molecule has 1 rings (SSSR count). The van der Waals surface area contributed by atoms with Gasteiger partial charge in [0.2, 0.25) is 10.2 Å². The second-order valence-electron chi connectivity index (χ2n) is 3.47. The Morgan fingerprint density at radius 2 is 1.89 bits per heavy atom. The summed E-state index contributed by atoms with van der Waals surface area (Å²) in [5.41, 5.74) is 0.958. The third kappa shape index (κ3) is 4.78. The number of alkyl halides is 3. The summed E-state index contributed by atoms with van der Waals surface area (Å²) in [5, 5.41) is 5.15. The van der Waals surface area contributed by atoms with Crippen LogP contribution in [0.25, 0.3) is 0 Å². The minimum atomic E-state index is -1.72. The lowest BCUT2D eigenvalue weighted by molar-refractivity contribution is -0.110. The number of ether oxygens (including phenoxy) is 1. The summed E-state index contributed by atoms with van der Waals surface area (Å²) in [4.78, 5) is 21.7. The summed E-state index contributed by atoms with van der Waals surface area (Å²) in [6, 6.07) is 6.29. The molecule has 0 radical (unpaired) electrons. The number of carbonyl (C=O) groups excluding carboxylic acids is 2. The van der Waals surface area contributed by atoms with Crippen LogP contribution in [0.3, 0.4) is 0 Å². The number of carbonyl (C=O) groups is 2. The third-order valence-corrected chi connectivity index (χ3v) is 2.83. The first-order chi connectivity index (χ1) is 8.88. The van der Waals surface area contributed by atoms with Gasteiger partial charge in [-0.05, 0) is 24.3 Å². The SMILES string of the molecule is COC(=O)c1ccc(N[C@H](NC=O)C(Cl)(Cl)Cl)cc1. The lowest BCUT2D eigenvalue weighted by atomic mass is 10.2. The van der Waals surface area contributed by atoms with Gasteiger partial charge < -0.3 is 15.4 Å². The molecule has 1 aromatic rings.